The van der Waals surface area contributed by atoms with Crippen molar-refractivity contribution in [1.82, 2.24) is 4.90 Å². The van der Waals surface area contributed by atoms with Gasteiger partial charge in [0.1, 0.15) is 5.75 Å². The average molecular weight is 301 g/mol. The summed E-state index contributed by atoms with van der Waals surface area (Å²) in [5, 5.41) is 9.61. The first-order valence-corrected chi connectivity index (χ1v) is 8.45. The van der Waals surface area contributed by atoms with Crippen molar-refractivity contribution in [2.24, 2.45) is 5.92 Å². The topological polar surface area (TPSA) is 49.8 Å². The second-order valence-corrected chi connectivity index (χ2v) is 6.84. The first-order chi connectivity index (χ1) is 10.7. The van der Waals surface area contributed by atoms with Crippen LogP contribution >= 0.6 is 0 Å². The molecule has 1 aliphatic heterocycles. The van der Waals surface area contributed by atoms with E-state index in [0.29, 0.717) is 18.6 Å². The molecule has 1 N–H and O–H groups in total. The quantitative estimate of drug-likeness (QED) is 0.913. The van der Waals surface area contributed by atoms with E-state index in [1.807, 2.05) is 12.1 Å². The molecule has 0 aromatic heterocycles. The lowest BCUT2D eigenvalue weighted by Crippen LogP contribution is -2.55. The molecule has 0 radical (unpaired) electrons. The molecule has 2 aliphatic carbocycles. The third-order valence-corrected chi connectivity index (χ3v) is 5.42. The van der Waals surface area contributed by atoms with E-state index in [1.54, 1.807) is 12.1 Å². The Kier molecular flexibility index (Phi) is 3.57. The predicted octanol–water partition coefficient (Wildman–Crippen LogP) is 2.67. The molecule has 2 saturated carbocycles. The maximum Gasteiger partial charge on any atom is 0.226 e. The number of nitrogens with zero attached hydrogens (tertiary/aromatic N) is 1. The first kappa shape index (κ1) is 14.1. The molecule has 1 amide bonds. The summed E-state index contributed by atoms with van der Waals surface area (Å²) in [7, 11) is 0. The molecule has 1 saturated heterocycles. The Labute approximate surface area is 131 Å². The number of morpholine rings is 1. The van der Waals surface area contributed by atoms with E-state index in [1.165, 1.54) is 12.8 Å². The number of amides is 1. The Morgan fingerprint density at radius 2 is 2.14 bits per heavy atom. The highest BCUT2D eigenvalue weighted by Gasteiger charge is 2.48. The zero-order valence-corrected chi connectivity index (χ0v) is 12.8. The van der Waals surface area contributed by atoms with Gasteiger partial charge in [0, 0.05) is 12.5 Å². The third kappa shape index (κ3) is 2.50. The third-order valence-electron chi connectivity index (χ3n) is 5.42. The smallest absolute Gasteiger partial charge is 0.226 e. The van der Waals surface area contributed by atoms with Crippen molar-refractivity contribution in [3.8, 4) is 5.75 Å². The van der Waals surface area contributed by atoms with Crippen LogP contribution in [0.25, 0.3) is 0 Å². The second kappa shape index (κ2) is 5.58. The summed E-state index contributed by atoms with van der Waals surface area (Å²) in [6, 6.07) is 7.63. The summed E-state index contributed by atoms with van der Waals surface area (Å²) in [4.78, 5) is 15.0. The first-order valence-electron chi connectivity index (χ1n) is 8.45. The SMILES string of the molecule is O=C([C@H]1C[C@@H]1c1cccc(O)c1)N1CCO[C@@H]2CCCC[C@@H]21. The van der Waals surface area contributed by atoms with E-state index in [-0.39, 0.29) is 23.7 Å². The molecule has 4 rings (SSSR count). The predicted molar refractivity (Wildman–Crippen MR) is 82.7 cm³/mol. The summed E-state index contributed by atoms with van der Waals surface area (Å²) in [5.74, 6) is 0.967. The number of ether oxygens (including phenoxy) is 1. The fraction of sp³-hybridized carbons (Fsp3) is 0.611. The van der Waals surface area contributed by atoms with Gasteiger partial charge in [-0.1, -0.05) is 25.0 Å². The van der Waals surface area contributed by atoms with Gasteiger partial charge < -0.3 is 14.7 Å². The minimum Gasteiger partial charge on any atom is -0.508 e. The standard InChI is InChI=1S/C18H23NO3/c20-13-5-3-4-12(10-13)14-11-15(14)18(21)19-8-9-22-17-7-2-1-6-16(17)19/h3-5,10,14-17,20H,1-2,6-9,11H2/t14-,15+,16+,17-/m1/s1. The molecular formula is C18H23NO3. The maximum atomic E-state index is 12.9. The van der Waals surface area contributed by atoms with Gasteiger partial charge in [-0.05, 0) is 42.9 Å². The van der Waals surface area contributed by atoms with Gasteiger partial charge in [-0.25, -0.2) is 0 Å². The van der Waals surface area contributed by atoms with Crippen LogP contribution in [0.1, 0.15) is 43.6 Å². The Morgan fingerprint density at radius 3 is 3.00 bits per heavy atom. The van der Waals surface area contributed by atoms with Gasteiger partial charge in [-0.15, -0.1) is 0 Å². The lowest BCUT2D eigenvalue weighted by molar-refractivity contribution is -0.151. The summed E-state index contributed by atoms with van der Waals surface area (Å²) >= 11 is 0. The normalized spacial score (nSPS) is 34.1. The van der Waals surface area contributed by atoms with Crippen LogP contribution in [-0.4, -0.2) is 41.2 Å². The van der Waals surface area contributed by atoms with E-state index >= 15 is 0 Å². The zero-order valence-electron chi connectivity index (χ0n) is 12.8. The van der Waals surface area contributed by atoms with Gasteiger partial charge in [0.05, 0.1) is 18.8 Å². The van der Waals surface area contributed by atoms with Crippen molar-refractivity contribution < 1.29 is 14.6 Å². The van der Waals surface area contributed by atoms with Crippen LogP contribution in [0.2, 0.25) is 0 Å². The number of benzene rings is 1. The molecule has 4 nitrogen and oxygen atoms in total. The van der Waals surface area contributed by atoms with Crippen molar-refractivity contribution in [1.29, 1.82) is 0 Å². The number of phenolic OH excluding ortho intramolecular Hbond substituents is 1. The molecule has 1 heterocycles. The highest BCUT2D eigenvalue weighted by Crippen LogP contribution is 2.49. The molecule has 22 heavy (non-hydrogen) atoms. The summed E-state index contributed by atoms with van der Waals surface area (Å²) in [6.07, 6.45) is 5.77. The second-order valence-electron chi connectivity index (χ2n) is 6.84. The Hall–Kier alpha value is -1.55. The number of aromatic hydroxyl groups is 1. The highest BCUT2D eigenvalue weighted by molar-refractivity contribution is 5.83. The molecule has 1 aromatic carbocycles. The van der Waals surface area contributed by atoms with E-state index < -0.39 is 0 Å². The van der Waals surface area contributed by atoms with Crippen molar-refractivity contribution in [3.63, 3.8) is 0 Å². The monoisotopic (exact) mass is 301 g/mol. The van der Waals surface area contributed by atoms with Crippen LogP contribution in [0.5, 0.6) is 5.75 Å². The number of carbonyl (C=O) groups is 1. The molecule has 0 bridgehead atoms. The summed E-state index contributed by atoms with van der Waals surface area (Å²) < 4.78 is 5.86. The van der Waals surface area contributed by atoms with Crippen molar-refractivity contribution in [2.75, 3.05) is 13.2 Å². The lowest BCUT2D eigenvalue weighted by Gasteiger charge is -2.44. The number of rotatable bonds is 2. The van der Waals surface area contributed by atoms with Gasteiger partial charge in [-0.2, -0.15) is 0 Å². The molecule has 1 aromatic rings. The minimum absolute atomic E-state index is 0.0995. The zero-order chi connectivity index (χ0) is 15.1. The highest BCUT2D eigenvalue weighted by atomic mass is 16.5. The fourth-order valence-electron chi connectivity index (χ4n) is 4.17. The molecule has 4 atom stereocenters. The maximum absolute atomic E-state index is 12.9. The van der Waals surface area contributed by atoms with Crippen molar-refractivity contribution in [2.45, 2.75) is 50.2 Å². The summed E-state index contributed by atoms with van der Waals surface area (Å²) in [5.41, 5.74) is 1.09. The van der Waals surface area contributed by atoms with Gasteiger partial charge in [0.15, 0.2) is 0 Å². The van der Waals surface area contributed by atoms with E-state index in [0.717, 1.165) is 31.4 Å². The van der Waals surface area contributed by atoms with E-state index in [2.05, 4.69) is 4.90 Å². The fourth-order valence-corrected chi connectivity index (χ4v) is 4.17. The number of fused-ring (bicyclic) bond motifs is 1. The Morgan fingerprint density at radius 1 is 1.27 bits per heavy atom. The van der Waals surface area contributed by atoms with Crippen molar-refractivity contribution >= 4 is 5.91 Å². The Bertz CT molecular complexity index is 571. The van der Waals surface area contributed by atoms with Crippen LogP contribution in [0.3, 0.4) is 0 Å². The van der Waals surface area contributed by atoms with Crippen LogP contribution in [-0.2, 0) is 9.53 Å². The van der Waals surface area contributed by atoms with Crippen LogP contribution < -0.4 is 0 Å². The molecule has 0 spiro atoms. The molecule has 118 valence electrons. The molecule has 4 heteroatoms. The average Bonchev–Trinajstić information content (AvgIpc) is 3.34. The molecule has 0 unspecified atom stereocenters. The molecule has 3 fully saturated rings. The summed E-state index contributed by atoms with van der Waals surface area (Å²) in [6.45, 7) is 1.42. The minimum atomic E-state index is 0.0995. The lowest BCUT2D eigenvalue weighted by atomic mass is 9.90. The van der Waals surface area contributed by atoms with Gasteiger partial charge in [0.25, 0.3) is 0 Å². The number of carbonyl (C=O) groups excluding carboxylic acids is 1. The molecular weight excluding hydrogens is 278 g/mol. The van der Waals surface area contributed by atoms with E-state index in [4.69, 9.17) is 4.74 Å². The van der Waals surface area contributed by atoms with Crippen LogP contribution in [0.4, 0.5) is 0 Å². The van der Waals surface area contributed by atoms with E-state index in [9.17, 15) is 9.90 Å². The van der Waals surface area contributed by atoms with Crippen LogP contribution in [0.15, 0.2) is 24.3 Å². The van der Waals surface area contributed by atoms with Gasteiger partial charge in [0.2, 0.25) is 5.91 Å². The van der Waals surface area contributed by atoms with Gasteiger partial charge in [-0.3, -0.25) is 4.79 Å². The molecule has 3 aliphatic rings. The number of phenols is 1. The number of hydrogen-bond acceptors (Lipinski definition) is 3. The van der Waals surface area contributed by atoms with Gasteiger partial charge >= 0.3 is 0 Å². The van der Waals surface area contributed by atoms with Crippen LogP contribution in [0, 0.1) is 5.92 Å². The number of hydrogen-bond donors (Lipinski definition) is 1. The van der Waals surface area contributed by atoms with Crippen molar-refractivity contribution in [3.05, 3.63) is 29.8 Å². The largest absolute Gasteiger partial charge is 0.508 e. The Balaban J connectivity index is 1.46.